The molecule has 1 aromatic rings. The van der Waals surface area contributed by atoms with Crippen LogP contribution < -0.4 is 10.2 Å². The third kappa shape index (κ3) is 3.57. The zero-order valence-electron chi connectivity index (χ0n) is 14.0. The molecule has 1 aliphatic heterocycles. The van der Waals surface area contributed by atoms with Crippen LogP contribution in [0, 0.1) is 17.2 Å². The van der Waals surface area contributed by atoms with Gasteiger partial charge in [0.1, 0.15) is 5.82 Å². The Morgan fingerprint density at radius 3 is 2.38 bits per heavy atom. The molecule has 0 spiro atoms. The number of hydrogen-bond donors (Lipinski definition) is 1. The molecule has 0 radical (unpaired) electrons. The van der Waals surface area contributed by atoms with Gasteiger partial charge in [-0.1, -0.05) is 26.8 Å². The van der Waals surface area contributed by atoms with Crippen molar-refractivity contribution in [3.63, 3.8) is 0 Å². The number of rotatable bonds is 3. The fourth-order valence-corrected chi connectivity index (χ4v) is 3.36. The topological polar surface area (TPSA) is 15.3 Å². The fraction of sp³-hybridized carbons (Fsp3) is 0.667. The summed E-state index contributed by atoms with van der Waals surface area (Å²) in [6.07, 6.45) is 2.38. The van der Waals surface area contributed by atoms with Crippen molar-refractivity contribution < 1.29 is 4.39 Å². The molecule has 0 amide bonds. The van der Waals surface area contributed by atoms with Gasteiger partial charge >= 0.3 is 0 Å². The first kappa shape index (κ1) is 16.3. The van der Waals surface area contributed by atoms with E-state index >= 15 is 0 Å². The molecule has 118 valence electrons. The average molecular weight is 292 g/mol. The monoisotopic (exact) mass is 292 g/mol. The quantitative estimate of drug-likeness (QED) is 0.890. The second kappa shape index (κ2) is 6.35. The average Bonchev–Trinajstić information content (AvgIpc) is 2.45. The standard InChI is InChI=1S/C18H29FN2/c1-13(20-5)17-15(19)7-6-8-16(17)21-11-9-14(10-12-21)18(2,3)4/h6-8,13-14,20H,9-12H2,1-5H3. The minimum Gasteiger partial charge on any atom is -0.371 e. The van der Waals surface area contributed by atoms with E-state index in [0.717, 1.165) is 30.3 Å². The van der Waals surface area contributed by atoms with Gasteiger partial charge in [0.2, 0.25) is 0 Å². The van der Waals surface area contributed by atoms with Crippen molar-refractivity contribution in [3.05, 3.63) is 29.6 Å². The molecule has 1 unspecified atom stereocenters. The first-order valence-corrected chi connectivity index (χ1v) is 8.05. The molecule has 1 saturated heterocycles. The summed E-state index contributed by atoms with van der Waals surface area (Å²) in [7, 11) is 1.88. The summed E-state index contributed by atoms with van der Waals surface area (Å²) in [5.74, 6) is 0.653. The second-order valence-corrected chi connectivity index (χ2v) is 7.31. The van der Waals surface area contributed by atoms with Gasteiger partial charge in [0.25, 0.3) is 0 Å². The van der Waals surface area contributed by atoms with Crippen LogP contribution in [0.4, 0.5) is 10.1 Å². The number of hydrogen-bond acceptors (Lipinski definition) is 2. The number of halogens is 1. The third-order valence-corrected chi connectivity index (χ3v) is 4.96. The Bertz CT molecular complexity index is 471. The van der Waals surface area contributed by atoms with Crippen molar-refractivity contribution in [2.75, 3.05) is 25.0 Å². The molecule has 1 atom stereocenters. The van der Waals surface area contributed by atoms with Gasteiger partial charge in [-0.15, -0.1) is 0 Å². The van der Waals surface area contributed by atoms with Gasteiger partial charge in [-0.25, -0.2) is 4.39 Å². The maximum atomic E-state index is 14.2. The summed E-state index contributed by atoms with van der Waals surface area (Å²) in [4.78, 5) is 2.36. The largest absolute Gasteiger partial charge is 0.371 e. The van der Waals surface area contributed by atoms with E-state index < -0.39 is 0 Å². The Labute approximate surface area is 128 Å². The van der Waals surface area contributed by atoms with E-state index in [9.17, 15) is 4.39 Å². The van der Waals surface area contributed by atoms with E-state index in [1.807, 2.05) is 20.0 Å². The lowest BCUT2D eigenvalue weighted by atomic mass is 9.75. The molecule has 1 aliphatic rings. The summed E-state index contributed by atoms with van der Waals surface area (Å²) in [5, 5.41) is 3.17. The van der Waals surface area contributed by atoms with Gasteiger partial charge in [-0.3, -0.25) is 0 Å². The van der Waals surface area contributed by atoms with Crippen LogP contribution in [0.1, 0.15) is 52.1 Å². The normalized spacial score (nSPS) is 18.9. The third-order valence-electron chi connectivity index (χ3n) is 4.96. The molecule has 0 bridgehead atoms. The lowest BCUT2D eigenvalue weighted by molar-refractivity contribution is 0.199. The number of benzene rings is 1. The molecule has 1 heterocycles. The number of nitrogens with one attached hydrogen (secondary N) is 1. The molecule has 1 aromatic carbocycles. The van der Waals surface area contributed by atoms with Gasteiger partial charge < -0.3 is 10.2 Å². The van der Waals surface area contributed by atoms with E-state index in [2.05, 4.69) is 37.1 Å². The van der Waals surface area contributed by atoms with Crippen molar-refractivity contribution in [2.45, 2.75) is 46.6 Å². The second-order valence-electron chi connectivity index (χ2n) is 7.31. The molecular weight excluding hydrogens is 263 g/mol. The highest BCUT2D eigenvalue weighted by atomic mass is 19.1. The Hall–Kier alpha value is -1.09. The van der Waals surface area contributed by atoms with E-state index in [4.69, 9.17) is 0 Å². The Morgan fingerprint density at radius 1 is 1.24 bits per heavy atom. The Morgan fingerprint density at radius 2 is 1.86 bits per heavy atom. The van der Waals surface area contributed by atoms with Gasteiger partial charge in [0.05, 0.1) is 0 Å². The first-order chi connectivity index (χ1) is 9.84. The lowest BCUT2D eigenvalue weighted by Crippen LogP contribution is -2.38. The smallest absolute Gasteiger partial charge is 0.130 e. The summed E-state index contributed by atoms with van der Waals surface area (Å²) >= 11 is 0. The van der Waals surface area contributed by atoms with Crippen LogP contribution >= 0.6 is 0 Å². The maximum Gasteiger partial charge on any atom is 0.130 e. The highest BCUT2D eigenvalue weighted by molar-refractivity contribution is 5.55. The molecular formula is C18H29FN2. The van der Waals surface area contributed by atoms with Gasteiger partial charge in [0.15, 0.2) is 0 Å². The summed E-state index contributed by atoms with van der Waals surface area (Å²) in [6.45, 7) is 11.0. The number of piperidine rings is 1. The molecule has 1 N–H and O–H groups in total. The fourth-order valence-electron chi connectivity index (χ4n) is 3.36. The van der Waals surface area contributed by atoms with E-state index in [1.165, 1.54) is 12.8 Å². The van der Waals surface area contributed by atoms with Crippen LogP contribution in [0.25, 0.3) is 0 Å². The van der Waals surface area contributed by atoms with Crippen LogP contribution in [0.3, 0.4) is 0 Å². The molecule has 0 aliphatic carbocycles. The van der Waals surface area contributed by atoms with Gasteiger partial charge in [-0.2, -0.15) is 0 Å². The van der Waals surface area contributed by atoms with Crippen molar-refractivity contribution >= 4 is 5.69 Å². The molecule has 0 saturated carbocycles. The Kier molecular flexibility index (Phi) is 4.92. The summed E-state index contributed by atoms with van der Waals surface area (Å²) < 4.78 is 14.2. The SMILES string of the molecule is CNC(C)c1c(F)cccc1N1CCC(C(C)(C)C)CC1. The van der Waals surface area contributed by atoms with E-state index in [1.54, 1.807) is 6.07 Å². The van der Waals surface area contributed by atoms with Gasteiger partial charge in [-0.05, 0) is 50.3 Å². The van der Waals surface area contributed by atoms with Crippen molar-refractivity contribution in [1.29, 1.82) is 0 Å². The highest BCUT2D eigenvalue weighted by Crippen LogP contribution is 2.37. The van der Waals surface area contributed by atoms with Crippen molar-refractivity contribution in [3.8, 4) is 0 Å². The highest BCUT2D eigenvalue weighted by Gasteiger charge is 2.30. The van der Waals surface area contributed by atoms with E-state index in [0.29, 0.717) is 5.41 Å². The molecule has 1 fully saturated rings. The molecule has 0 aromatic heterocycles. The van der Waals surface area contributed by atoms with Crippen LogP contribution in [0.15, 0.2) is 18.2 Å². The zero-order chi connectivity index (χ0) is 15.6. The summed E-state index contributed by atoms with van der Waals surface area (Å²) in [5.41, 5.74) is 2.23. The van der Waals surface area contributed by atoms with Gasteiger partial charge in [0, 0.05) is 30.4 Å². The van der Waals surface area contributed by atoms with E-state index in [-0.39, 0.29) is 11.9 Å². The zero-order valence-corrected chi connectivity index (χ0v) is 14.0. The van der Waals surface area contributed by atoms with Crippen molar-refractivity contribution in [2.24, 2.45) is 11.3 Å². The van der Waals surface area contributed by atoms with Crippen LogP contribution in [-0.2, 0) is 0 Å². The predicted octanol–water partition coefficient (Wildman–Crippen LogP) is 4.37. The lowest BCUT2D eigenvalue weighted by Gasteiger charge is -2.40. The summed E-state index contributed by atoms with van der Waals surface area (Å²) in [6, 6.07) is 5.48. The minimum atomic E-state index is -0.104. The number of nitrogens with zero attached hydrogens (tertiary/aromatic N) is 1. The van der Waals surface area contributed by atoms with Crippen LogP contribution in [0.2, 0.25) is 0 Å². The predicted molar refractivity (Wildman–Crippen MR) is 88.3 cm³/mol. The number of anilines is 1. The van der Waals surface area contributed by atoms with Crippen molar-refractivity contribution in [1.82, 2.24) is 5.32 Å². The maximum absolute atomic E-state index is 14.2. The molecule has 3 heteroatoms. The van der Waals surface area contributed by atoms with Crippen LogP contribution in [-0.4, -0.2) is 20.1 Å². The Balaban J connectivity index is 2.19. The molecule has 21 heavy (non-hydrogen) atoms. The molecule has 2 nitrogen and oxygen atoms in total. The minimum absolute atomic E-state index is 0.0292. The molecule has 2 rings (SSSR count). The first-order valence-electron chi connectivity index (χ1n) is 8.05. The van der Waals surface area contributed by atoms with Crippen LogP contribution in [0.5, 0.6) is 0 Å².